The van der Waals surface area contributed by atoms with Gasteiger partial charge in [0.25, 0.3) is 0 Å². The highest BCUT2D eigenvalue weighted by molar-refractivity contribution is 5.62. The summed E-state index contributed by atoms with van der Waals surface area (Å²) in [5.74, 6) is 0. The Balaban J connectivity index is 2.59. The lowest BCUT2D eigenvalue weighted by atomic mass is 10.1. The summed E-state index contributed by atoms with van der Waals surface area (Å²) >= 11 is 0. The number of carbonyl (C=O) groups excluding carboxylic acids is 2. The van der Waals surface area contributed by atoms with E-state index in [-0.39, 0.29) is 0 Å². The third-order valence-electron chi connectivity index (χ3n) is 1.83. The Kier molecular flexibility index (Phi) is 4.38. The fraction of sp³-hybridized carbons (Fsp3) is 0.400. The molecular formula is C10H12O6. The molecule has 6 heteroatoms. The highest BCUT2D eigenvalue weighted by Crippen LogP contribution is 2.14. The average molecular weight is 228 g/mol. The Bertz CT molecular complexity index is 287. The number of hydrogen-bond donors (Lipinski definition) is 0. The summed E-state index contributed by atoms with van der Waals surface area (Å²) < 4.78 is 18.4. The van der Waals surface area contributed by atoms with Crippen molar-refractivity contribution in [3.63, 3.8) is 0 Å². The first-order valence-corrected chi connectivity index (χ1v) is 4.51. The van der Waals surface area contributed by atoms with Crippen molar-refractivity contribution in [1.29, 1.82) is 0 Å². The first kappa shape index (κ1) is 12.1. The minimum atomic E-state index is -0.844. The molecule has 1 aliphatic carbocycles. The van der Waals surface area contributed by atoms with Gasteiger partial charge in [-0.1, -0.05) is 12.2 Å². The lowest BCUT2D eigenvalue weighted by Crippen LogP contribution is -2.33. The van der Waals surface area contributed by atoms with E-state index < -0.39 is 24.5 Å². The van der Waals surface area contributed by atoms with Crippen molar-refractivity contribution >= 4 is 12.3 Å². The van der Waals surface area contributed by atoms with Crippen LogP contribution in [0.4, 0.5) is 9.59 Å². The molecule has 1 rings (SSSR count). The number of carbonyl (C=O) groups is 2. The molecule has 0 aromatic heterocycles. The quantitative estimate of drug-likeness (QED) is 0.665. The van der Waals surface area contributed by atoms with Crippen LogP contribution in [0.15, 0.2) is 24.3 Å². The zero-order valence-corrected chi connectivity index (χ0v) is 8.91. The molecule has 0 saturated heterocycles. The monoisotopic (exact) mass is 228 g/mol. The normalized spacial score (nSPS) is 22.4. The standard InChI is InChI=1S/C10H12O6/c1-13-9(11)15-7-5-3-4-6-8(7)16-10(12)14-2/h3-8H,1-2H3. The van der Waals surface area contributed by atoms with E-state index in [1.165, 1.54) is 14.2 Å². The molecule has 0 aromatic carbocycles. The molecule has 0 aromatic rings. The van der Waals surface area contributed by atoms with Gasteiger partial charge in [-0.15, -0.1) is 0 Å². The van der Waals surface area contributed by atoms with Crippen LogP contribution in [0.25, 0.3) is 0 Å². The van der Waals surface area contributed by atoms with Crippen molar-refractivity contribution in [2.45, 2.75) is 12.2 Å². The van der Waals surface area contributed by atoms with Crippen LogP contribution in [0.2, 0.25) is 0 Å². The molecule has 0 heterocycles. The summed E-state index contributed by atoms with van der Waals surface area (Å²) in [6.07, 6.45) is 3.38. The highest BCUT2D eigenvalue weighted by atomic mass is 16.7. The topological polar surface area (TPSA) is 71.1 Å². The van der Waals surface area contributed by atoms with Gasteiger partial charge in [-0.05, 0) is 12.2 Å². The van der Waals surface area contributed by atoms with Gasteiger partial charge in [-0.3, -0.25) is 0 Å². The van der Waals surface area contributed by atoms with Crippen LogP contribution in [0.1, 0.15) is 0 Å². The highest BCUT2D eigenvalue weighted by Gasteiger charge is 2.26. The van der Waals surface area contributed by atoms with Gasteiger partial charge in [0.1, 0.15) is 0 Å². The molecule has 0 radical (unpaired) electrons. The van der Waals surface area contributed by atoms with Gasteiger partial charge in [0.2, 0.25) is 0 Å². The first-order valence-electron chi connectivity index (χ1n) is 4.51. The Hall–Kier alpha value is -1.98. The SMILES string of the molecule is COC(=O)OC1C=CC=CC1OC(=O)OC. The molecule has 1 aliphatic rings. The lowest BCUT2D eigenvalue weighted by Gasteiger charge is -2.22. The molecule has 88 valence electrons. The smallest absolute Gasteiger partial charge is 0.438 e. The van der Waals surface area contributed by atoms with E-state index in [1.807, 2.05) is 0 Å². The molecule has 0 aliphatic heterocycles. The van der Waals surface area contributed by atoms with Crippen molar-refractivity contribution in [3.8, 4) is 0 Å². The molecule has 6 nitrogen and oxygen atoms in total. The van der Waals surface area contributed by atoms with Crippen LogP contribution in [0.5, 0.6) is 0 Å². The van der Waals surface area contributed by atoms with Crippen LogP contribution >= 0.6 is 0 Å². The summed E-state index contributed by atoms with van der Waals surface area (Å²) in [7, 11) is 2.39. The second-order valence-electron chi connectivity index (χ2n) is 2.84. The third-order valence-corrected chi connectivity index (χ3v) is 1.83. The van der Waals surface area contributed by atoms with Crippen molar-refractivity contribution in [1.82, 2.24) is 0 Å². The Morgan fingerprint density at radius 3 is 1.56 bits per heavy atom. The van der Waals surface area contributed by atoms with Gasteiger partial charge in [0.15, 0.2) is 12.2 Å². The Morgan fingerprint density at radius 2 is 1.25 bits per heavy atom. The minimum absolute atomic E-state index is 0.712. The van der Waals surface area contributed by atoms with Crippen molar-refractivity contribution in [2.24, 2.45) is 0 Å². The van der Waals surface area contributed by atoms with Gasteiger partial charge in [-0.2, -0.15) is 0 Å². The van der Waals surface area contributed by atoms with E-state index in [1.54, 1.807) is 24.3 Å². The van der Waals surface area contributed by atoms with Crippen molar-refractivity contribution < 1.29 is 28.5 Å². The Morgan fingerprint density at radius 1 is 0.875 bits per heavy atom. The fourth-order valence-corrected chi connectivity index (χ4v) is 1.10. The van der Waals surface area contributed by atoms with E-state index >= 15 is 0 Å². The largest absolute Gasteiger partial charge is 0.508 e. The van der Waals surface area contributed by atoms with E-state index in [0.29, 0.717) is 0 Å². The molecule has 2 atom stereocenters. The maximum Gasteiger partial charge on any atom is 0.508 e. The molecule has 0 bridgehead atoms. The zero-order valence-electron chi connectivity index (χ0n) is 8.91. The molecule has 0 saturated carbocycles. The number of hydrogen-bond acceptors (Lipinski definition) is 6. The lowest BCUT2D eigenvalue weighted by molar-refractivity contribution is -0.0155. The number of ether oxygens (including phenoxy) is 4. The Labute approximate surface area is 92.4 Å². The van der Waals surface area contributed by atoms with Crippen LogP contribution < -0.4 is 0 Å². The predicted octanol–water partition coefficient (Wildman–Crippen LogP) is 1.42. The maximum absolute atomic E-state index is 10.9. The first-order chi connectivity index (χ1) is 7.67. The predicted molar refractivity (Wildman–Crippen MR) is 52.8 cm³/mol. The summed E-state index contributed by atoms with van der Waals surface area (Å²) in [5.41, 5.74) is 0. The molecule has 16 heavy (non-hydrogen) atoms. The second-order valence-corrected chi connectivity index (χ2v) is 2.84. The molecule has 0 amide bonds. The van der Waals surface area contributed by atoms with Gasteiger partial charge in [0, 0.05) is 0 Å². The van der Waals surface area contributed by atoms with Crippen LogP contribution in [-0.2, 0) is 18.9 Å². The molecule has 0 fully saturated rings. The van der Waals surface area contributed by atoms with Gasteiger partial charge in [0.05, 0.1) is 14.2 Å². The molecule has 0 N–H and O–H groups in total. The van der Waals surface area contributed by atoms with Gasteiger partial charge >= 0.3 is 12.3 Å². The van der Waals surface area contributed by atoms with Crippen LogP contribution in [0, 0.1) is 0 Å². The van der Waals surface area contributed by atoms with Crippen LogP contribution in [-0.4, -0.2) is 38.7 Å². The van der Waals surface area contributed by atoms with Crippen molar-refractivity contribution in [3.05, 3.63) is 24.3 Å². The van der Waals surface area contributed by atoms with Crippen LogP contribution in [0.3, 0.4) is 0 Å². The second kappa shape index (κ2) is 5.79. The minimum Gasteiger partial charge on any atom is -0.438 e. The number of rotatable bonds is 2. The third kappa shape index (κ3) is 3.30. The van der Waals surface area contributed by atoms with Gasteiger partial charge in [-0.25, -0.2) is 9.59 Å². The summed E-state index contributed by atoms with van der Waals surface area (Å²) in [6, 6.07) is 0. The van der Waals surface area contributed by atoms with Crippen molar-refractivity contribution in [2.75, 3.05) is 14.2 Å². The molecule has 0 spiro atoms. The van der Waals surface area contributed by atoms with E-state index in [0.717, 1.165) is 0 Å². The average Bonchev–Trinajstić information content (AvgIpc) is 2.31. The fourth-order valence-electron chi connectivity index (χ4n) is 1.10. The maximum atomic E-state index is 10.9. The molecular weight excluding hydrogens is 216 g/mol. The van der Waals surface area contributed by atoms with E-state index in [4.69, 9.17) is 9.47 Å². The number of methoxy groups -OCH3 is 2. The summed E-state index contributed by atoms with van der Waals surface area (Å²) in [6.45, 7) is 0. The summed E-state index contributed by atoms with van der Waals surface area (Å²) in [4.78, 5) is 21.8. The molecule has 2 unspecified atom stereocenters. The van der Waals surface area contributed by atoms with Gasteiger partial charge < -0.3 is 18.9 Å². The van der Waals surface area contributed by atoms with E-state index in [2.05, 4.69) is 9.47 Å². The number of allylic oxidation sites excluding steroid dienone is 2. The van der Waals surface area contributed by atoms with E-state index in [9.17, 15) is 9.59 Å². The zero-order chi connectivity index (χ0) is 12.0. The summed E-state index contributed by atoms with van der Waals surface area (Å²) in [5, 5.41) is 0.